The predicted molar refractivity (Wildman–Crippen MR) is 105 cm³/mol. The average Bonchev–Trinajstić information content (AvgIpc) is 3.06. The van der Waals surface area contributed by atoms with Crippen molar-refractivity contribution >= 4 is 49.7 Å². The quantitative estimate of drug-likeness (QED) is 0.590. The zero-order valence-corrected chi connectivity index (χ0v) is 16.9. The first-order valence-electron chi connectivity index (χ1n) is 7.55. The number of thiazole rings is 1. The van der Waals surface area contributed by atoms with Gasteiger partial charge < -0.3 is 5.11 Å². The lowest BCUT2D eigenvalue weighted by molar-refractivity contribution is 0.216. The predicted octanol–water partition coefficient (Wildman–Crippen LogP) is 4.78. The van der Waals surface area contributed by atoms with Crippen LogP contribution in [0.25, 0.3) is 0 Å². The molecule has 2 N–H and O–H groups in total. The fourth-order valence-corrected chi connectivity index (χ4v) is 5.03. The van der Waals surface area contributed by atoms with Crippen molar-refractivity contribution in [1.29, 1.82) is 0 Å². The van der Waals surface area contributed by atoms with Crippen LogP contribution >= 0.6 is 34.5 Å². The van der Waals surface area contributed by atoms with Gasteiger partial charge in [-0.2, -0.15) is 0 Å². The minimum atomic E-state index is -3.89. The van der Waals surface area contributed by atoms with E-state index < -0.39 is 21.9 Å². The van der Waals surface area contributed by atoms with Crippen LogP contribution in [0.4, 0.5) is 9.52 Å². The summed E-state index contributed by atoms with van der Waals surface area (Å²) in [6, 6.07) is 8.39. The van der Waals surface area contributed by atoms with Gasteiger partial charge in [0, 0.05) is 10.4 Å². The van der Waals surface area contributed by atoms with Crippen LogP contribution in [0.3, 0.4) is 0 Å². The highest BCUT2D eigenvalue weighted by Crippen LogP contribution is 2.30. The van der Waals surface area contributed by atoms with E-state index in [2.05, 4.69) is 9.71 Å². The Morgan fingerprint density at radius 3 is 2.67 bits per heavy atom. The molecule has 1 aromatic heterocycles. The summed E-state index contributed by atoms with van der Waals surface area (Å²) in [5.74, 6) is -0.601. The highest BCUT2D eigenvalue weighted by atomic mass is 35.5. The Kier molecular flexibility index (Phi) is 5.73. The van der Waals surface area contributed by atoms with Crippen molar-refractivity contribution in [3.63, 3.8) is 0 Å². The van der Waals surface area contributed by atoms with Gasteiger partial charge in [0.1, 0.15) is 11.9 Å². The minimum absolute atomic E-state index is 0.0395. The second-order valence-electron chi connectivity index (χ2n) is 5.62. The van der Waals surface area contributed by atoms with E-state index in [4.69, 9.17) is 23.2 Å². The molecule has 1 unspecified atom stereocenters. The van der Waals surface area contributed by atoms with Gasteiger partial charge >= 0.3 is 0 Å². The van der Waals surface area contributed by atoms with Crippen LogP contribution in [0.15, 0.2) is 46.7 Å². The molecule has 0 aliphatic carbocycles. The SMILES string of the molecule is Cc1c(Cl)cccc1S(=O)(=O)Nc1nc(C(O)c2ccc(F)c(Cl)c2)cs1. The molecule has 27 heavy (non-hydrogen) atoms. The number of anilines is 1. The Morgan fingerprint density at radius 2 is 1.96 bits per heavy atom. The zero-order valence-electron chi connectivity index (χ0n) is 13.8. The zero-order chi connectivity index (χ0) is 19.8. The Labute approximate surface area is 169 Å². The van der Waals surface area contributed by atoms with Gasteiger partial charge in [-0.05, 0) is 42.3 Å². The molecule has 1 atom stereocenters. The molecule has 3 rings (SSSR count). The van der Waals surface area contributed by atoms with E-state index >= 15 is 0 Å². The Hall–Kier alpha value is -1.71. The summed E-state index contributed by atoms with van der Waals surface area (Å²) in [6.07, 6.45) is -1.18. The number of aliphatic hydroxyl groups is 1. The molecule has 10 heteroatoms. The molecule has 0 fully saturated rings. The van der Waals surface area contributed by atoms with E-state index in [-0.39, 0.29) is 20.7 Å². The number of nitrogens with one attached hydrogen (secondary N) is 1. The van der Waals surface area contributed by atoms with Gasteiger partial charge in [0.25, 0.3) is 10.0 Å². The number of sulfonamides is 1. The normalized spacial score (nSPS) is 12.8. The van der Waals surface area contributed by atoms with Crippen molar-refractivity contribution < 1.29 is 17.9 Å². The molecule has 0 bridgehead atoms. The van der Waals surface area contributed by atoms with Crippen molar-refractivity contribution in [3.8, 4) is 0 Å². The smallest absolute Gasteiger partial charge is 0.263 e. The van der Waals surface area contributed by atoms with Crippen molar-refractivity contribution in [2.24, 2.45) is 0 Å². The summed E-state index contributed by atoms with van der Waals surface area (Å²) in [5, 5.41) is 12.2. The molecule has 142 valence electrons. The van der Waals surface area contributed by atoms with Gasteiger partial charge in [-0.25, -0.2) is 17.8 Å². The van der Waals surface area contributed by atoms with E-state index in [1.807, 2.05) is 0 Å². The van der Waals surface area contributed by atoms with Crippen molar-refractivity contribution in [2.75, 3.05) is 4.72 Å². The first-order chi connectivity index (χ1) is 12.7. The van der Waals surface area contributed by atoms with Gasteiger partial charge in [0.05, 0.1) is 15.6 Å². The van der Waals surface area contributed by atoms with Crippen LogP contribution in [0.1, 0.15) is 22.9 Å². The van der Waals surface area contributed by atoms with Crippen molar-refractivity contribution in [1.82, 2.24) is 4.98 Å². The summed E-state index contributed by atoms with van der Waals surface area (Å²) >= 11 is 12.7. The van der Waals surface area contributed by atoms with Gasteiger partial charge in [-0.1, -0.05) is 35.3 Å². The third-order valence-corrected chi connectivity index (χ3v) is 6.88. The maximum Gasteiger partial charge on any atom is 0.263 e. The van der Waals surface area contributed by atoms with Crippen LogP contribution in [-0.2, 0) is 10.0 Å². The van der Waals surface area contributed by atoms with Crippen molar-refractivity contribution in [3.05, 3.63) is 74.5 Å². The van der Waals surface area contributed by atoms with Gasteiger partial charge in [0.15, 0.2) is 5.13 Å². The molecule has 1 heterocycles. The number of halogens is 3. The van der Waals surface area contributed by atoms with Crippen LogP contribution in [0.5, 0.6) is 0 Å². The Morgan fingerprint density at radius 1 is 1.22 bits per heavy atom. The van der Waals surface area contributed by atoms with E-state index in [9.17, 15) is 17.9 Å². The molecule has 5 nitrogen and oxygen atoms in total. The Balaban J connectivity index is 1.85. The number of aromatic nitrogens is 1. The van der Waals surface area contributed by atoms with Crippen LogP contribution in [0, 0.1) is 12.7 Å². The molecule has 0 amide bonds. The summed E-state index contributed by atoms with van der Waals surface area (Å²) in [7, 11) is -3.89. The monoisotopic (exact) mass is 446 g/mol. The third kappa shape index (κ3) is 4.25. The molecule has 0 aliphatic heterocycles. The fraction of sp³-hybridized carbons (Fsp3) is 0.118. The van der Waals surface area contributed by atoms with E-state index in [0.29, 0.717) is 16.1 Å². The minimum Gasteiger partial charge on any atom is -0.382 e. The topological polar surface area (TPSA) is 79.3 Å². The average molecular weight is 447 g/mol. The number of hydrogen-bond acceptors (Lipinski definition) is 5. The molecule has 0 spiro atoms. The Bertz CT molecular complexity index is 1100. The number of nitrogens with zero attached hydrogens (tertiary/aromatic N) is 1. The molecular formula is C17H13Cl2FN2O3S2. The molecule has 0 aliphatic rings. The number of rotatable bonds is 5. The number of hydrogen-bond donors (Lipinski definition) is 2. The molecular weight excluding hydrogens is 434 g/mol. The highest BCUT2D eigenvalue weighted by Gasteiger charge is 2.21. The maximum absolute atomic E-state index is 13.3. The lowest BCUT2D eigenvalue weighted by Crippen LogP contribution is -2.14. The summed E-state index contributed by atoms with van der Waals surface area (Å²) < 4.78 is 40.8. The van der Waals surface area contributed by atoms with Gasteiger partial charge in [-0.3, -0.25) is 4.72 Å². The number of benzene rings is 2. The second kappa shape index (κ2) is 7.73. The highest BCUT2D eigenvalue weighted by molar-refractivity contribution is 7.93. The van der Waals surface area contributed by atoms with Crippen molar-refractivity contribution in [2.45, 2.75) is 17.9 Å². The second-order valence-corrected chi connectivity index (χ2v) is 8.95. The molecule has 0 radical (unpaired) electrons. The maximum atomic E-state index is 13.3. The van der Waals surface area contributed by atoms with Gasteiger partial charge in [-0.15, -0.1) is 11.3 Å². The third-order valence-electron chi connectivity index (χ3n) is 3.79. The van der Waals surface area contributed by atoms with Gasteiger partial charge in [0.2, 0.25) is 0 Å². The first-order valence-corrected chi connectivity index (χ1v) is 10.7. The molecule has 0 saturated carbocycles. The number of aliphatic hydroxyl groups excluding tert-OH is 1. The summed E-state index contributed by atoms with van der Waals surface area (Å²) in [4.78, 5) is 4.15. The molecule has 0 saturated heterocycles. The summed E-state index contributed by atoms with van der Waals surface area (Å²) in [6.45, 7) is 1.60. The van der Waals surface area contributed by atoms with Crippen LogP contribution < -0.4 is 4.72 Å². The fourth-order valence-electron chi connectivity index (χ4n) is 2.36. The van der Waals surface area contributed by atoms with Crippen LogP contribution in [-0.4, -0.2) is 18.5 Å². The lowest BCUT2D eigenvalue weighted by Gasteiger charge is -2.10. The first kappa shape index (κ1) is 20.0. The molecule has 3 aromatic rings. The van der Waals surface area contributed by atoms with E-state index in [1.165, 1.54) is 23.6 Å². The van der Waals surface area contributed by atoms with E-state index in [0.717, 1.165) is 17.4 Å². The molecule has 2 aromatic carbocycles. The summed E-state index contributed by atoms with van der Waals surface area (Å²) in [5.41, 5.74) is 0.972. The van der Waals surface area contributed by atoms with E-state index in [1.54, 1.807) is 19.1 Å². The standard InChI is InChI=1S/C17H13Cl2FN2O3S2/c1-9-11(18)3-2-4-15(9)27(24,25)22-17-21-14(8-26-17)16(23)10-5-6-13(20)12(19)7-10/h2-8,16,23H,1H3,(H,21,22). The van der Waals surface area contributed by atoms with Crippen LogP contribution in [0.2, 0.25) is 10.0 Å². The lowest BCUT2D eigenvalue weighted by atomic mass is 10.1. The largest absolute Gasteiger partial charge is 0.382 e.